The minimum atomic E-state index is -0.721. The number of carbonyl (C=O) groups is 1. The maximum absolute atomic E-state index is 12.1. The first-order chi connectivity index (χ1) is 12.6. The number of ether oxygens (including phenoxy) is 1. The van der Waals surface area contributed by atoms with E-state index in [4.69, 9.17) is 10.5 Å². The molecule has 1 amide bonds. The Hall–Kier alpha value is -2.68. The van der Waals surface area contributed by atoms with E-state index in [0.29, 0.717) is 18.7 Å². The zero-order valence-corrected chi connectivity index (χ0v) is 14.9. The van der Waals surface area contributed by atoms with Crippen LogP contribution in [0.3, 0.4) is 0 Å². The molecule has 0 radical (unpaired) electrons. The summed E-state index contributed by atoms with van der Waals surface area (Å²) >= 11 is 0. The molecular formula is C21H23N3O2. The molecule has 2 aromatic rings. The SMILES string of the molecule is COCC1(C(N)=O)CCCN1Cc1ccc(-c2ccccc2C#N)cc1. The lowest BCUT2D eigenvalue weighted by molar-refractivity contribution is -0.132. The molecule has 2 N–H and O–H groups in total. The Balaban J connectivity index is 1.81. The number of primary amides is 1. The number of hydrogen-bond acceptors (Lipinski definition) is 4. The first-order valence-corrected chi connectivity index (χ1v) is 8.73. The second kappa shape index (κ2) is 7.69. The van der Waals surface area contributed by atoms with E-state index in [1.807, 2.05) is 48.5 Å². The quantitative estimate of drug-likeness (QED) is 0.869. The van der Waals surface area contributed by atoms with Crippen LogP contribution < -0.4 is 5.73 Å². The van der Waals surface area contributed by atoms with Gasteiger partial charge in [0.1, 0.15) is 5.54 Å². The van der Waals surface area contributed by atoms with Crippen molar-refractivity contribution in [3.05, 3.63) is 59.7 Å². The van der Waals surface area contributed by atoms with Gasteiger partial charge in [-0.05, 0) is 42.1 Å². The second-order valence-corrected chi connectivity index (χ2v) is 6.71. The Morgan fingerprint density at radius 1 is 1.27 bits per heavy atom. The van der Waals surface area contributed by atoms with Crippen LogP contribution in [0.25, 0.3) is 11.1 Å². The van der Waals surface area contributed by atoms with Crippen molar-refractivity contribution >= 4 is 5.91 Å². The monoisotopic (exact) mass is 349 g/mol. The van der Waals surface area contributed by atoms with Gasteiger partial charge in [-0.15, -0.1) is 0 Å². The van der Waals surface area contributed by atoms with Crippen molar-refractivity contribution in [3.63, 3.8) is 0 Å². The van der Waals surface area contributed by atoms with Crippen molar-refractivity contribution in [1.29, 1.82) is 5.26 Å². The van der Waals surface area contributed by atoms with Gasteiger partial charge >= 0.3 is 0 Å². The summed E-state index contributed by atoms with van der Waals surface area (Å²) in [6, 6.07) is 17.9. The predicted octanol–water partition coefficient (Wildman–Crippen LogP) is 2.69. The third-order valence-electron chi connectivity index (χ3n) is 5.15. The number of nitrogens with two attached hydrogens (primary N) is 1. The van der Waals surface area contributed by atoms with E-state index in [1.54, 1.807) is 7.11 Å². The van der Waals surface area contributed by atoms with E-state index in [0.717, 1.165) is 36.1 Å². The molecule has 5 nitrogen and oxygen atoms in total. The smallest absolute Gasteiger partial charge is 0.240 e. The highest BCUT2D eigenvalue weighted by Gasteiger charge is 2.46. The van der Waals surface area contributed by atoms with Crippen molar-refractivity contribution in [2.24, 2.45) is 5.73 Å². The van der Waals surface area contributed by atoms with Gasteiger partial charge in [-0.25, -0.2) is 0 Å². The van der Waals surface area contributed by atoms with E-state index < -0.39 is 5.54 Å². The van der Waals surface area contributed by atoms with E-state index >= 15 is 0 Å². The van der Waals surface area contributed by atoms with Crippen LogP contribution in [0.1, 0.15) is 24.0 Å². The van der Waals surface area contributed by atoms with E-state index in [2.05, 4.69) is 11.0 Å². The number of nitrogens with zero attached hydrogens (tertiary/aromatic N) is 2. The summed E-state index contributed by atoms with van der Waals surface area (Å²) in [6.45, 7) is 1.79. The number of methoxy groups -OCH3 is 1. The van der Waals surface area contributed by atoms with Gasteiger partial charge in [0.15, 0.2) is 0 Å². The van der Waals surface area contributed by atoms with Crippen molar-refractivity contribution in [3.8, 4) is 17.2 Å². The molecule has 1 saturated heterocycles. The second-order valence-electron chi connectivity index (χ2n) is 6.71. The fourth-order valence-corrected chi connectivity index (χ4v) is 3.76. The zero-order chi connectivity index (χ0) is 18.6. The Kier molecular flexibility index (Phi) is 5.36. The maximum atomic E-state index is 12.1. The molecule has 5 heteroatoms. The van der Waals surface area contributed by atoms with Gasteiger partial charge < -0.3 is 10.5 Å². The van der Waals surface area contributed by atoms with Crippen LogP contribution in [0.2, 0.25) is 0 Å². The summed E-state index contributed by atoms with van der Waals surface area (Å²) in [4.78, 5) is 14.2. The van der Waals surface area contributed by atoms with Crippen molar-refractivity contribution in [1.82, 2.24) is 4.90 Å². The lowest BCUT2D eigenvalue weighted by Crippen LogP contribution is -2.56. The van der Waals surface area contributed by atoms with Crippen LogP contribution in [0, 0.1) is 11.3 Å². The van der Waals surface area contributed by atoms with Gasteiger partial charge in [-0.2, -0.15) is 5.26 Å². The number of nitriles is 1. The fourth-order valence-electron chi connectivity index (χ4n) is 3.76. The molecule has 2 aromatic carbocycles. The van der Waals surface area contributed by atoms with Crippen molar-refractivity contribution < 1.29 is 9.53 Å². The lowest BCUT2D eigenvalue weighted by Gasteiger charge is -2.35. The topological polar surface area (TPSA) is 79.3 Å². The minimum absolute atomic E-state index is 0.315. The van der Waals surface area contributed by atoms with Crippen LogP contribution >= 0.6 is 0 Å². The molecule has 0 spiro atoms. The lowest BCUT2D eigenvalue weighted by atomic mass is 9.95. The molecule has 0 saturated carbocycles. The highest BCUT2D eigenvalue weighted by molar-refractivity contribution is 5.85. The molecule has 0 aromatic heterocycles. The van der Waals surface area contributed by atoms with Crippen LogP contribution in [0.4, 0.5) is 0 Å². The largest absolute Gasteiger partial charge is 0.382 e. The summed E-state index contributed by atoms with van der Waals surface area (Å²) in [7, 11) is 1.60. The maximum Gasteiger partial charge on any atom is 0.240 e. The molecule has 1 unspecified atom stereocenters. The third-order valence-corrected chi connectivity index (χ3v) is 5.15. The van der Waals surface area contributed by atoms with Crippen molar-refractivity contribution in [2.75, 3.05) is 20.3 Å². The van der Waals surface area contributed by atoms with E-state index in [1.165, 1.54) is 0 Å². The van der Waals surface area contributed by atoms with Gasteiger partial charge in [-0.1, -0.05) is 42.5 Å². The average Bonchev–Trinajstić information content (AvgIpc) is 3.06. The average molecular weight is 349 g/mol. The predicted molar refractivity (Wildman–Crippen MR) is 100 cm³/mol. The Morgan fingerprint density at radius 2 is 2.00 bits per heavy atom. The molecule has 0 bridgehead atoms. The van der Waals surface area contributed by atoms with Gasteiger partial charge in [0.25, 0.3) is 0 Å². The third kappa shape index (κ3) is 3.34. The summed E-state index contributed by atoms with van der Waals surface area (Å²) < 4.78 is 5.29. The normalized spacial score (nSPS) is 20.0. The number of amides is 1. The van der Waals surface area contributed by atoms with E-state index in [-0.39, 0.29) is 5.91 Å². The van der Waals surface area contributed by atoms with Gasteiger partial charge in [0.05, 0.1) is 18.2 Å². The molecule has 134 valence electrons. The number of rotatable bonds is 6. The summed E-state index contributed by atoms with van der Waals surface area (Å²) in [5.74, 6) is -0.323. The summed E-state index contributed by atoms with van der Waals surface area (Å²) in [5.41, 5.74) is 8.68. The van der Waals surface area contributed by atoms with Crippen LogP contribution in [-0.2, 0) is 16.1 Å². The van der Waals surface area contributed by atoms with Gasteiger partial charge in [-0.3, -0.25) is 9.69 Å². The molecule has 1 atom stereocenters. The number of likely N-dealkylation sites (tertiary alicyclic amines) is 1. The summed E-state index contributed by atoms with van der Waals surface area (Å²) in [5, 5.41) is 9.27. The fraction of sp³-hybridized carbons (Fsp3) is 0.333. The first-order valence-electron chi connectivity index (χ1n) is 8.73. The Morgan fingerprint density at radius 3 is 2.65 bits per heavy atom. The standard InChI is InChI=1S/C21H23N3O2/c1-26-15-21(20(23)25)11-4-12-24(21)14-16-7-9-17(10-8-16)19-6-3-2-5-18(19)13-22/h2-3,5-10H,4,11-12,14-15H2,1H3,(H2,23,25). The minimum Gasteiger partial charge on any atom is -0.382 e. The first kappa shape index (κ1) is 18.1. The number of benzene rings is 2. The zero-order valence-electron chi connectivity index (χ0n) is 14.9. The van der Waals surface area contributed by atoms with Gasteiger partial charge in [0, 0.05) is 13.7 Å². The molecule has 0 aliphatic carbocycles. The van der Waals surface area contributed by atoms with Crippen LogP contribution in [0.15, 0.2) is 48.5 Å². The highest BCUT2D eigenvalue weighted by Crippen LogP contribution is 2.32. The number of carbonyl (C=O) groups excluding carboxylic acids is 1. The van der Waals surface area contributed by atoms with Gasteiger partial charge in [0.2, 0.25) is 5.91 Å². The highest BCUT2D eigenvalue weighted by atomic mass is 16.5. The molecule has 1 aliphatic heterocycles. The molecule has 1 heterocycles. The molecule has 26 heavy (non-hydrogen) atoms. The Labute approximate surface area is 154 Å². The van der Waals surface area contributed by atoms with E-state index in [9.17, 15) is 10.1 Å². The van der Waals surface area contributed by atoms with Crippen LogP contribution in [0.5, 0.6) is 0 Å². The molecular weight excluding hydrogens is 326 g/mol. The Bertz CT molecular complexity index is 826. The van der Waals surface area contributed by atoms with Crippen LogP contribution in [-0.4, -0.2) is 36.6 Å². The van der Waals surface area contributed by atoms with Crippen molar-refractivity contribution in [2.45, 2.75) is 24.9 Å². The molecule has 3 rings (SSSR count). The number of hydrogen-bond donors (Lipinski definition) is 1. The summed E-state index contributed by atoms with van der Waals surface area (Å²) in [6.07, 6.45) is 1.66. The molecule has 1 fully saturated rings. The molecule has 1 aliphatic rings.